The first kappa shape index (κ1) is 53.3. The van der Waals surface area contributed by atoms with Crippen molar-refractivity contribution in [1.82, 2.24) is 10.2 Å². The van der Waals surface area contributed by atoms with Gasteiger partial charge in [0, 0.05) is 20.1 Å². The Balaban J connectivity index is 1.65. The fourth-order valence-corrected chi connectivity index (χ4v) is 4.15. The van der Waals surface area contributed by atoms with Gasteiger partial charge in [-0.15, -0.1) is 0 Å². The van der Waals surface area contributed by atoms with Crippen LogP contribution in [-0.2, 0) is 72.9 Å². The summed E-state index contributed by atoms with van der Waals surface area (Å²) in [6, 6.07) is 9.50. The zero-order chi connectivity index (χ0) is 42.0. The van der Waals surface area contributed by atoms with E-state index in [1.807, 2.05) is 51.1 Å². The van der Waals surface area contributed by atoms with Gasteiger partial charge < -0.3 is 76.5 Å². The molecule has 0 saturated carbocycles. The number of hydrogen-bond acceptors (Lipinski definition) is 16. The van der Waals surface area contributed by atoms with Gasteiger partial charge in [-0.05, 0) is 26.3 Å². The van der Waals surface area contributed by atoms with Gasteiger partial charge in [0.2, 0.25) is 0 Å². The molecule has 1 aromatic carbocycles. The lowest BCUT2D eigenvalue weighted by atomic mass is 10.2. The number of likely N-dealkylation sites (N-methyl/N-ethyl adjacent to an activating group) is 1. The zero-order valence-electron chi connectivity index (χ0n) is 35.5. The molecule has 0 aliphatic heterocycles. The van der Waals surface area contributed by atoms with Crippen LogP contribution in [-0.4, -0.2) is 201 Å². The normalized spacial score (nSPS) is 11.5. The summed E-state index contributed by atoms with van der Waals surface area (Å²) in [4.78, 5) is 25.0. The molecule has 18 nitrogen and oxygen atoms in total. The van der Waals surface area contributed by atoms with Crippen molar-refractivity contribution in [3.05, 3.63) is 35.9 Å². The second-order valence-electron chi connectivity index (χ2n) is 13.2. The molecule has 0 unspecified atom stereocenters. The Morgan fingerprint density at radius 3 is 1.12 bits per heavy atom. The largest absolute Gasteiger partial charge is 0.445 e. The summed E-state index contributed by atoms with van der Waals surface area (Å²) in [6.45, 7) is 17.7. The molecular formula is C40H72N2O16. The minimum Gasteiger partial charge on any atom is -0.445 e. The monoisotopic (exact) mass is 836 g/mol. The van der Waals surface area contributed by atoms with Crippen LogP contribution in [0.15, 0.2) is 30.3 Å². The maximum atomic E-state index is 11.9. The van der Waals surface area contributed by atoms with E-state index in [-0.39, 0.29) is 12.7 Å². The van der Waals surface area contributed by atoms with Crippen LogP contribution >= 0.6 is 0 Å². The van der Waals surface area contributed by atoms with E-state index in [4.69, 9.17) is 66.3 Å². The zero-order valence-corrected chi connectivity index (χ0v) is 35.5. The Kier molecular flexibility index (Phi) is 36.5. The van der Waals surface area contributed by atoms with Crippen LogP contribution in [0.5, 0.6) is 0 Å². The molecule has 338 valence electrons. The molecular weight excluding hydrogens is 764 g/mol. The molecule has 0 spiro atoms. The second kappa shape index (κ2) is 39.7. The topological polar surface area (TPSA) is 179 Å². The first-order valence-corrected chi connectivity index (χ1v) is 20.1. The molecule has 18 heteroatoms. The van der Waals surface area contributed by atoms with Crippen LogP contribution in [0, 0.1) is 0 Å². The van der Waals surface area contributed by atoms with Crippen LogP contribution in [0.2, 0.25) is 0 Å². The summed E-state index contributed by atoms with van der Waals surface area (Å²) in [7, 11) is 1.68. The highest BCUT2D eigenvalue weighted by Gasteiger charge is 2.19. The van der Waals surface area contributed by atoms with Gasteiger partial charge >= 0.3 is 12.2 Å². The number of carbonyl (C=O) groups is 2. The van der Waals surface area contributed by atoms with Gasteiger partial charge in [0.15, 0.2) is 0 Å². The number of carbonyl (C=O) groups excluding carboxylic acids is 2. The van der Waals surface area contributed by atoms with Crippen molar-refractivity contribution in [1.29, 1.82) is 0 Å². The number of benzene rings is 1. The number of nitrogens with zero attached hydrogens (tertiary/aromatic N) is 1. The van der Waals surface area contributed by atoms with Gasteiger partial charge in [0.05, 0.1) is 159 Å². The predicted octanol–water partition coefficient (Wildman–Crippen LogP) is 2.98. The third kappa shape index (κ3) is 38.8. The minimum atomic E-state index is -0.516. The van der Waals surface area contributed by atoms with Crippen LogP contribution in [0.3, 0.4) is 0 Å². The van der Waals surface area contributed by atoms with Crippen molar-refractivity contribution in [2.45, 2.75) is 33.0 Å². The van der Waals surface area contributed by atoms with Crippen molar-refractivity contribution in [3.8, 4) is 0 Å². The second-order valence-corrected chi connectivity index (χ2v) is 13.2. The van der Waals surface area contributed by atoms with Crippen LogP contribution in [0.4, 0.5) is 9.59 Å². The molecule has 0 atom stereocenters. The van der Waals surface area contributed by atoms with Crippen molar-refractivity contribution in [3.63, 3.8) is 0 Å². The smallest absolute Gasteiger partial charge is 0.410 e. The summed E-state index contributed by atoms with van der Waals surface area (Å²) < 4.78 is 76.2. The fourth-order valence-electron chi connectivity index (χ4n) is 4.15. The summed E-state index contributed by atoms with van der Waals surface area (Å²) in [5.74, 6) is 0. The maximum Gasteiger partial charge on any atom is 0.410 e. The first-order chi connectivity index (χ1) is 28.3. The lowest BCUT2D eigenvalue weighted by Crippen LogP contribution is -2.36. The van der Waals surface area contributed by atoms with E-state index in [1.54, 1.807) is 7.05 Å². The number of amides is 2. The molecule has 0 bridgehead atoms. The van der Waals surface area contributed by atoms with Gasteiger partial charge in [-0.2, -0.15) is 0 Å². The lowest BCUT2D eigenvalue weighted by Gasteiger charge is -2.24. The van der Waals surface area contributed by atoms with E-state index in [9.17, 15) is 9.59 Å². The molecule has 0 heterocycles. The van der Waals surface area contributed by atoms with Crippen molar-refractivity contribution < 1.29 is 75.9 Å². The molecule has 0 aliphatic carbocycles. The molecule has 1 aromatic rings. The molecule has 0 radical (unpaired) electrons. The number of nitrogens with one attached hydrogen (secondary N) is 1. The van der Waals surface area contributed by atoms with Gasteiger partial charge in [-0.25, -0.2) is 9.59 Å². The number of hydrogen-bond donors (Lipinski definition) is 1. The Morgan fingerprint density at radius 1 is 0.483 bits per heavy atom. The van der Waals surface area contributed by atoms with Crippen molar-refractivity contribution >= 4 is 12.2 Å². The predicted molar refractivity (Wildman–Crippen MR) is 213 cm³/mol. The van der Waals surface area contributed by atoms with Gasteiger partial charge in [-0.3, -0.25) is 0 Å². The molecule has 2 amide bonds. The number of ether oxygens (including phenoxy) is 14. The van der Waals surface area contributed by atoms with Gasteiger partial charge in [0.25, 0.3) is 0 Å². The molecule has 0 fully saturated rings. The van der Waals surface area contributed by atoms with Crippen molar-refractivity contribution in [2.75, 3.05) is 179 Å². The van der Waals surface area contributed by atoms with E-state index in [2.05, 4.69) is 5.32 Å². The van der Waals surface area contributed by atoms with Crippen LogP contribution in [0.1, 0.15) is 26.3 Å². The molecule has 1 rings (SSSR count). The van der Waals surface area contributed by atoms with E-state index in [0.29, 0.717) is 172 Å². The van der Waals surface area contributed by atoms with E-state index >= 15 is 0 Å². The van der Waals surface area contributed by atoms with Crippen LogP contribution in [0.25, 0.3) is 0 Å². The van der Waals surface area contributed by atoms with E-state index in [1.165, 1.54) is 4.90 Å². The highest BCUT2D eigenvalue weighted by Crippen LogP contribution is 2.08. The third-order valence-corrected chi connectivity index (χ3v) is 7.10. The standard InChI is InChI=1S/C40H72N2O16/c1-40(2,3)58-39(44)42(4)11-13-46-15-17-48-19-21-50-23-25-52-27-29-54-31-33-56-35-34-55-32-30-53-28-26-51-24-22-49-20-18-47-16-14-45-12-10-41-38(43)57-36-37-8-6-5-7-9-37/h5-9H,10-36H2,1-4H3,(H,41,43). The van der Waals surface area contributed by atoms with Crippen LogP contribution < -0.4 is 5.32 Å². The summed E-state index contributed by atoms with van der Waals surface area (Å²) in [5.41, 5.74) is 0.417. The molecule has 0 saturated heterocycles. The summed E-state index contributed by atoms with van der Waals surface area (Å²) in [6.07, 6.45) is -0.843. The Bertz CT molecular complexity index is 1050. The minimum absolute atomic E-state index is 0.233. The van der Waals surface area contributed by atoms with Gasteiger partial charge in [-0.1, -0.05) is 30.3 Å². The summed E-state index contributed by atoms with van der Waals surface area (Å²) >= 11 is 0. The fraction of sp³-hybridized carbons (Fsp3) is 0.800. The van der Waals surface area contributed by atoms with E-state index in [0.717, 1.165) is 5.56 Å². The highest BCUT2D eigenvalue weighted by molar-refractivity contribution is 5.67. The Morgan fingerprint density at radius 2 is 0.793 bits per heavy atom. The first-order valence-electron chi connectivity index (χ1n) is 20.1. The SMILES string of the molecule is CN(CCOCCOCCOCCOCCOCCOCCOCCOCCOCCOCCOCCOCCNC(=O)OCc1ccccc1)C(=O)OC(C)(C)C. The highest BCUT2D eigenvalue weighted by atomic mass is 16.6. The summed E-state index contributed by atoms with van der Waals surface area (Å²) in [5, 5.41) is 2.64. The Labute approximate surface area is 345 Å². The third-order valence-electron chi connectivity index (χ3n) is 7.10. The molecule has 0 aliphatic rings. The quantitative estimate of drug-likeness (QED) is 0.0952. The van der Waals surface area contributed by atoms with E-state index < -0.39 is 11.7 Å². The average Bonchev–Trinajstić information content (AvgIpc) is 3.20. The van der Waals surface area contributed by atoms with Crippen molar-refractivity contribution in [2.24, 2.45) is 0 Å². The maximum absolute atomic E-state index is 11.9. The van der Waals surface area contributed by atoms with Gasteiger partial charge in [0.1, 0.15) is 12.2 Å². The number of rotatable bonds is 41. The average molecular weight is 837 g/mol. The molecule has 1 N–H and O–H groups in total. The Hall–Kier alpha value is -2.72. The number of alkyl carbamates (subject to hydrolysis) is 1. The molecule has 58 heavy (non-hydrogen) atoms. The molecule has 0 aromatic heterocycles. The lowest BCUT2D eigenvalue weighted by molar-refractivity contribution is -0.0285.